The van der Waals surface area contributed by atoms with Gasteiger partial charge in [-0.2, -0.15) is 26.3 Å². The first-order chi connectivity index (χ1) is 16.8. The van der Waals surface area contributed by atoms with Gasteiger partial charge in [0, 0.05) is 6.42 Å². The van der Waals surface area contributed by atoms with Crippen LogP contribution in [-0.2, 0) is 26.7 Å². The second kappa shape index (κ2) is 14.8. The quantitative estimate of drug-likeness (QED) is 0.154. The number of benzene rings is 1. The summed E-state index contributed by atoms with van der Waals surface area (Å²) in [7, 11) is 0. The molecule has 0 saturated heterocycles. The van der Waals surface area contributed by atoms with E-state index in [4.69, 9.17) is 0 Å². The maximum Gasteiger partial charge on any atom is 0.417 e. The molecule has 0 aliphatic heterocycles. The maximum atomic E-state index is 13.2. The average molecular weight is 526 g/mol. The number of amides is 1. The summed E-state index contributed by atoms with van der Waals surface area (Å²) >= 11 is 0. The van der Waals surface area contributed by atoms with Gasteiger partial charge in [0.05, 0.1) is 22.7 Å². The fourth-order valence-corrected chi connectivity index (χ4v) is 3.57. The lowest BCUT2D eigenvalue weighted by atomic mass is 10.00. The molecule has 204 valence electrons. The smallest absolute Gasteiger partial charge is 0.417 e. The fraction of sp³-hybridized carbons (Fsp3) is 0.640. The van der Waals surface area contributed by atoms with E-state index in [1.165, 1.54) is 32.6 Å². The molecule has 0 radical (unpaired) electrons. The largest absolute Gasteiger partial charge is 0.454 e. The summed E-state index contributed by atoms with van der Waals surface area (Å²) in [5, 5.41) is 2.40. The van der Waals surface area contributed by atoms with Crippen molar-refractivity contribution in [2.75, 3.05) is 6.61 Å². The molecule has 0 unspecified atom stereocenters. The Hall–Kier alpha value is -2.59. The molecule has 36 heavy (non-hydrogen) atoms. The van der Waals surface area contributed by atoms with E-state index in [9.17, 15) is 40.7 Å². The minimum atomic E-state index is -5.25. The molecule has 1 amide bonds. The van der Waals surface area contributed by atoms with Crippen molar-refractivity contribution in [3.05, 3.63) is 34.9 Å². The highest BCUT2D eigenvalue weighted by molar-refractivity contribution is 5.96. The van der Waals surface area contributed by atoms with Crippen LogP contribution < -0.4 is 5.32 Å². The third-order valence-electron chi connectivity index (χ3n) is 5.59. The summed E-state index contributed by atoms with van der Waals surface area (Å²) in [6, 6.07) is 0.0360. The number of ketones is 1. The number of carbonyl (C=O) groups is 3. The van der Waals surface area contributed by atoms with E-state index in [1.54, 1.807) is 0 Å². The van der Waals surface area contributed by atoms with Crippen LogP contribution in [0.4, 0.5) is 26.3 Å². The Bertz CT molecular complexity index is 835. The molecule has 0 aliphatic carbocycles. The van der Waals surface area contributed by atoms with Crippen molar-refractivity contribution in [2.45, 2.75) is 96.5 Å². The SMILES string of the molecule is CCCCCCCCCCCC(=O)N[C@@H](C)C(=O)COC(=O)c1c(C(F)(F)F)cccc1C(F)(F)F. The van der Waals surface area contributed by atoms with Gasteiger partial charge >= 0.3 is 18.3 Å². The van der Waals surface area contributed by atoms with Gasteiger partial charge in [-0.1, -0.05) is 64.4 Å². The monoisotopic (exact) mass is 525 g/mol. The van der Waals surface area contributed by atoms with Crippen molar-refractivity contribution < 1.29 is 45.5 Å². The maximum absolute atomic E-state index is 13.2. The van der Waals surface area contributed by atoms with Crippen LogP contribution in [-0.4, -0.2) is 30.3 Å². The number of carbonyl (C=O) groups excluding carboxylic acids is 3. The van der Waals surface area contributed by atoms with E-state index >= 15 is 0 Å². The van der Waals surface area contributed by atoms with Crippen molar-refractivity contribution in [3.8, 4) is 0 Å². The first-order valence-electron chi connectivity index (χ1n) is 12.1. The molecule has 1 aromatic carbocycles. The third-order valence-corrected chi connectivity index (χ3v) is 5.59. The number of ether oxygens (including phenoxy) is 1. The zero-order valence-corrected chi connectivity index (χ0v) is 20.5. The molecule has 0 aromatic heterocycles. The highest BCUT2D eigenvalue weighted by Gasteiger charge is 2.43. The molecule has 11 heteroatoms. The van der Waals surface area contributed by atoms with Crippen molar-refractivity contribution in [3.63, 3.8) is 0 Å². The van der Waals surface area contributed by atoms with Crippen molar-refractivity contribution in [2.24, 2.45) is 0 Å². The van der Waals surface area contributed by atoms with Gasteiger partial charge in [0.2, 0.25) is 5.91 Å². The highest BCUT2D eigenvalue weighted by atomic mass is 19.4. The molecule has 5 nitrogen and oxygen atoms in total. The second-order valence-electron chi connectivity index (χ2n) is 8.63. The Morgan fingerprint density at radius 3 is 1.78 bits per heavy atom. The third kappa shape index (κ3) is 11.0. The summed E-state index contributed by atoms with van der Waals surface area (Å²) in [6.07, 6.45) is -0.832. The molecular weight excluding hydrogens is 492 g/mol. The van der Waals surface area contributed by atoms with Gasteiger partial charge in [-0.05, 0) is 25.5 Å². The van der Waals surface area contributed by atoms with E-state index in [0.29, 0.717) is 24.6 Å². The number of alkyl halides is 6. The summed E-state index contributed by atoms with van der Waals surface area (Å²) in [4.78, 5) is 36.3. The van der Waals surface area contributed by atoms with Gasteiger partial charge in [0.1, 0.15) is 0 Å². The summed E-state index contributed by atoms with van der Waals surface area (Å²) in [5.74, 6) is -3.23. The zero-order chi connectivity index (χ0) is 27.4. The summed E-state index contributed by atoms with van der Waals surface area (Å²) in [5.41, 5.74) is -5.36. The van der Waals surface area contributed by atoms with Gasteiger partial charge < -0.3 is 10.1 Å². The molecule has 0 bridgehead atoms. The molecule has 1 N–H and O–H groups in total. The van der Waals surface area contributed by atoms with Gasteiger partial charge in [-0.15, -0.1) is 0 Å². The molecule has 1 rings (SSSR count). The first kappa shape index (κ1) is 31.4. The molecule has 0 saturated carbocycles. The predicted molar refractivity (Wildman–Crippen MR) is 121 cm³/mol. The number of Topliss-reactive ketones (excluding diaryl/α,β-unsaturated/α-hetero) is 1. The topological polar surface area (TPSA) is 72.5 Å². The number of rotatable bonds is 15. The molecule has 1 aromatic rings. The van der Waals surface area contributed by atoms with Crippen LogP contribution in [0.25, 0.3) is 0 Å². The predicted octanol–water partition coefficient (Wildman–Crippen LogP) is 6.88. The zero-order valence-electron chi connectivity index (χ0n) is 20.5. The normalized spacial score (nSPS) is 12.8. The van der Waals surface area contributed by atoms with Crippen molar-refractivity contribution in [1.29, 1.82) is 0 Å². The molecular formula is C25H33F6NO4. The Morgan fingerprint density at radius 1 is 0.833 bits per heavy atom. The Morgan fingerprint density at radius 2 is 1.31 bits per heavy atom. The van der Waals surface area contributed by atoms with Crippen molar-refractivity contribution in [1.82, 2.24) is 5.32 Å². The average Bonchev–Trinajstić information content (AvgIpc) is 2.79. The van der Waals surface area contributed by atoms with Crippen LogP contribution in [0.3, 0.4) is 0 Å². The lowest BCUT2D eigenvalue weighted by Gasteiger charge is -2.18. The number of halogens is 6. The van der Waals surface area contributed by atoms with Gasteiger partial charge in [-0.25, -0.2) is 4.79 Å². The van der Waals surface area contributed by atoms with Gasteiger partial charge in [0.25, 0.3) is 0 Å². The summed E-state index contributed by atoms with van der Waals surface area (Å²) < 4.78 is 83.6. The standard InChI is InChI=1S/C25H33F6NO4/c1-3-4-5-6-7-8-9-10-11-15-21(34)32-17(2)20(33)16-36-23(35)22-18(24(26,27)28)13-12-14-19(22)25(29,30)31/h12-14,17H,3-11,15-16H2,1-2H3,(H,32,34)/t17-/m0/s1. The van der Waals surface area contributed by atoms with E-state index in [0.717, 1.165) is 25.7 Å². The van der Waals surface area contributed by atoms with Crippen LogP contribution in [0.1, 0.15) is 99.5 Å². The van der Waals surface area contributed by atoms with E-state index in [2.05, 4.69) is 17.0 Å². The first-order valence-corrected chi connectivity index (χ1v) is 12.1. The molecule has 0 spiro atoms. The number of hydrogen-bond donors (Lipinski definition) is 1. The molecule has 0 heterocycles. The Kier molecular flexibility index (Phi) is 13.0. The number of nitrogens with one attached hydrogen (secondary N) is 1. The Balaban J connectivity index is 2.55. The number of unbranched alkanes of at least 4 members (excludes halogenated alkanes) is 8. The molecule has 1 atom stereocenters. The van der Waals surface area contributed by atoms with Gasteiger partial charge in [-0.3, -0.25) is 9.59 Å². The van der Waals surface area contributed by atoms with E-state index in [-0.39, 0.29) is 6.42 Å². The minimum absolute atomic E-state index is 0.168. The van der Waals surface area contributed by atoms with Crippen LogP contribution >= 0.6 is 0 Å². The van der Waals surface area contributed by atoms with Crippen LogP contribution in [0.2, 0.25) is 0 Å². The van der Waals surface area contributed by atoms with Crippen LogP contribution in [0.15, 0.2) is 18.2 Å². The number of esters is 1. The lowest BCUT2D eigenvalue weighted by molar-refractivity contribution is -0.144. The molecule has 0 fully saturated rings. The summed E-state index contributed by atoms with van der Waals surface area (Å²) in [6.45, 7) is 2.34. The van der Waals surface area contributed by atoms with Crippen LogP contribution in [0.5, 0.6) is 0 Å². The fourth-order valence-electron chi connectivity index (χ4n) is 3.57. The van der Waals surface area contributed by atoms with Crippen LogP contribution in [0, 0.1) is 0 Å². The minimum Gasteiger partial charge on any atom is -0.454 e. The van der Waals surface area contributed by atoms with Crippen molar-refractivity contribution >= 4 is 17.7 Å². The molecule has 0 aliphatic rings. The lowest BCUT2D eigenvalue weighted by Crippen LogP contribution is -2.40. The van der Waals surface area contributed by atoms with E-state index in [1.807, 2.05) is 0 Å². The number of hydrogen-bond acceptors (Lipinski definition) is 4. The van der Waals surface area contributed by atoms with Gasteiger partial charge in [0.15, 0.2) is 12.4 Å². The second-order valence-corrected chi connectivity index (χ2v) is 8.63. The van der Waals surface area contributed by atoms with E-state index < -0.39 is 59.4 Å². The Labute approximate surface area is 207 Å². The highest BCUT2D eigenvalue weighted by Crippen LogP contribution is 2.39.